The number of nitro benzene ring substituents is 1. The molecule has 0 unspecified atom stereocenters. The number of nitrogens with zero attached hydrogens (tertiary/aromatic N) is 5. The normalized spacial score (nSPS) is 15.1. The highest BCUT2D eigenvalue weighted by molar-refractivity contribution is 7.13. The smallest absolute Gasteiger partial charge is 0.293 e. The molecule has 0 atom stereocenters. The molecule has 0 spiro atoms. The number of aromatic amines is 1. The average Bonchev–Trinajstić information content (AvgIpc) is 2.93. The molecule has 0 saturated carbocycles. The first-order chi connectivity index (χ1) is 13.0. The minimum atomic E-state index is -0.436. The minimum absolute atomic E-state index is 0.0699. The highest BCUT2D eigenvalue weighted by Crippen LogP contribution is 2.32. The number of fused-ring (bicyclic) bond motifs is 1. The van der Waals surface area contributed by atoms with Crippen LogP contribution in [0.4, 0.5) is 16.5 Å². The van der Waals surface area contributed by atoms with Crippen molar-refractivity contribution in [2.45, 2.75) is 13.3 Å². The van der Waals surface area contributed by atoms with Gasteiger partial charge in [0.15, 0.2) is 5.13 Å². The maximum atomic E-state index is 12.0. The molecule has 1 fully saturated rings. The summed E-state index contributed by atoms with van der Waals surface area (Å²) in [6.45, 7) is 4.87. The fraction of sp³-hybridized carbons (Fsp3) is 0.353. The van der Waals surface area contributed by atoms with Crippen molar-refractivity contribution in [3.8, 4) is 0 Å². The lowest BCUT2D eigenvalue weighted by Gasteiger charge is -2.23. The minimum Gasteiger partial charge on any atom is -0.364 e. The molecule has 3 aromatic rings. The van der Waals surface area contributed by atoms with Gasteiger partial charge in [0.05, 0.1) is 27.8 Å². The van der Waals surface area contributed by atoms with E-state index in [4.69, 9.17) is 0 Å². The molecule has 1 saturated heterocycles. The quantitative estimate of drug-likeness (QED) is 0.543. The average molecular weight is 386 g/mol. The van der Waals surface area contributed by atoms with Crippen LogP contribution in [0.5, 0.6) is 0 Å². The van der Waals surface area contributed by atoms with E-state index in [0.717, 1.165) is 30.3 Å². The Bertz CT molecular complexity index is 1060. The summed E-state index contributed by atoms with van der Waals surface area (Å²) in [5.41, 5.74) is 1.51. The Morgan fingerprint density at radius 3 is 2.74 bits per heavy atom. The fourth-order valence-corrected chi connectivity index (χ4v) is 4.19. The summed E-state index contributed by atoms with van der Waals surface area (Å²) in [5.74, 6) is 0. The van der Waals surface area contributed by atoms with Crippen molar-refractivity contribution in [1.82, 2.24) is 15.0 Å². The van der Waals surface area contributed by atoms with Gasteiger partial charge in [-0.2, -0.15) is 0 Å². The Labute approximate surface area is 158 Å². The molecule has 1 aromatic carbocycles. The van der Waals surface area contributed by atoms with Gasteiger partial charge in [-0.25, -0.2) is 9.97 Å². The lowest BCUT2D eigenvalue weighted by Crippen LogP contribution is -2.31. The zero-order valence-electron chi connectivity index (χ0n) is 14.7. The van der Waals surface area contributed by atoms with Crippen LogP contribution in [0.15, 0.2) is 28.6 Å². The Morgan fingerprint density at radius 1 is 1.22 bits per heavy atom. The van der Waals surface area contributed by atoms with E-state index >= 15 is 0 Å². The molecule has 1 aliphatic rings. The molecular formula is C17H18N6O3S. The number of aryl methyl sites for hydroxylation is 1. The van der Waals surface area contributed by atoms with Crippen LogP contribution in [0.1, 0.15) is 12.1 Å². The molecule has 140 valence electrons. The molecule has 4 rings (SSSR count). The number of hydrogen-bond acceptors (Lipinski definition) is 8. The van der Waals surface area contributed by atoms with E-state index in [-0.39, 0.29) is 16.6 Å². The van der Waals surface area contributed by atoms with Gasteiger partial charge in [-0.1, -0.05) is 0 Å². The zero-order chi connectivity index (χ0) is 19.0. The lowest BCUT2D eigenvalue weighted by molar-refractivity contribution is -0.384. The third kappa shape index (κ3) is 3.35. The maximum Gasteiger partial charge on any atom is 0.293 e. The highest BCUT2D eigenvalue weighted by atomic mass is 32.1. The summed E-state index contributed by atoms with van der Waals surface area (Å²) in [5, 5.41) is 14.9. The number of benzene rings is 1. The number of nitro groups is 1. The van der Waals surface area contributed by atoms with Gasteiger partial charge in [0.1, 0.15) is 5.69 Å². The van der Waals surface area contributed by atoms with Gasteiger partial charge in [0, 0.05) is 37.6 Å². The van der Waals surface area contributed by atoms with Crippen LogP contribution in [0.2, 0.25) is 0 Å². The van der Waals surface area contributed by atoms with Crippen LogP contribution in [0, 0.1) is 17.0 Å². The lowest BCUT2D eigenvalue weighted by atomic mass is 10.1. The molecule has 0 aliphatic carbocycles. The van der Waals surface area contributed by atoms with Gasteiger partial charge >= 0.3 is 0 Å². The van der Waals surface area contributed by atoms with Crippen LogP contribution in [0.25, 0.3) is 10.9 Å². The topological polar surface area (TPSA) is 108 Å². The van der Waals surface area contributed by atoms with E-state index in [2.05, 4.69) is 19.9 Å². The number of thiazole rings is 1. The molecule has 0 radical (unpaired) electrons. The summed E-state index contributed by atoms with van der Waals surface area (Å²) in [7, 11) is 0. The van der Waals surface area contributed by atoms with Crippen molar-refractivity contribution >= 4 is 38.7 Å². The number of nitrogens with one attached hydrogen (secondary N) is 1. The number of aromatic nitrogens is 3. The second kappa shape index (κ2) is 6.95. The van der Waals surface area contributed by atoms with Crippen molar-refractivity contribution in [2.75, 3.05) is 36.0 Å². The molecule has 1 N–H and O–H groups in total. The Kier molecular flexibility index (Phi) is 4.48. The molecular weight excluding hydrogens is 368 g/mol. The molecule has 3 heterocycles. The van der Waals surface area contributed by atoms with Crippen molar-refractivity contribution in [3.63, 3.8) is 0 Å². The number of H-pyrrole nitrogens is 1. The number of rotatable bonds is 3. The summed E-state index contributed by atoms with van der Waals surface area (Å²) in [6, 6.07) is 2.97. The monoisotopic (exact) mass is 386 g/mol. The van der Waals surface area contributed by atoms with Crippen molar-refractivity contribution in [3.05, 3.63) is 50.0 Å². The Balaban J connectivity index is 1.68. The first-order valence-corrected chi connectivity index (χ1v) is 9.49. The molecule has 10 heteroatoms. The Morgan fingerprint density at radius 2 is 2.00 bits per heavy atom. The van der Waals surface area contributed by atoms with Crippen LogP contribution < -0.4 is 15.4 Å². The van der Waals surface area contributed by atoms with E-state index in [9.17, 15) is 14.9 Å². The van der Waals surface area contributed by atoms with Gasteiger partial charge in [-0.3, -0.25) is 14.9 Å². The van der Waals surface area contributed by atoms with Gasteiger partial charge in [-0.15, -0.1) is 11.3 Å². The second-order valence-corrected chi connectivity index (χ2v) is 7.28. The first kappa shape index (κ1) is 17.4. The Hall–Kier alpha value is -3.01. The molecule has 27 heavy (non-hydrogen) atoms. The largest absolute Gasteiger partial charge is 0.364 e. The summed E-state index contributed by atoms with van der Waals surface area (Å²) >= 11 is 1.61. The SMILES string of the molecule is Cc1csc(N2CCCN(c3cc4nc[nH]c(=O)c4cc3[N+](=O)[O-])CC2)n1. The van der Waals surface area contributed by atoms with E-state index in [1.54, 1.807) is 17.4 Å². The van der Waals surface area contributed by atoms with E-state index in [1.165, 1.54) is 12.4 Å². The summed E-state index contributed by atoms with van der Waals surface area (Å²) in [4.78, 5) is 38.5. The van der Waals surface area contributed by atoms with Gasteiger partial charge < -0.3 is 14.8 Å². The van der Waals surface area contributed by atoms with Crippen molar-refractivity contribution in [1.29, 1.82) is 0 Å². The van der Waals surface area contributed by atoms with Crippen LogP contribution in [-0.4, -0.2) is 46.1 Å². The number of hydrogen-bond donors (Lipinski definition) is 1. The van der Waals surface area contributed by atoms with E-state index in [1.807, 2.05) is 17.2 Å². The molecule has 0 bridgehead atoms. The second-order valence-electron chi connectivity index (χ2n) is 6.45. The first-order valence-electron chi connectivity index (χ1n) is 8.61. The van der Waals surface area contributed by atoms with E-state index < -0.39 is 4.92 Å². The van der Waals surface area contributed by atoms with Gasteiger partial charge in [0.2, 0.25) is 0 Å². The number of anilines is 2. The third-order valence-electron chi connectivity index (χ3n) is 4.65. The van der Waals surface area contributed by atoms with Gasteiger partial charge in [-0.05, 0) is 19.4 Å². The molecule has 9 nitrogen and oxygen atoms in total. The third-order valence-corrected chi connectivity index (χ3v) is 5.67. The highest BCUT2D eigenvalue weighted by Gasteiger charge is 2.25. The van der Waals surface area contributed by atoms with Crippen molar-refractivity contribution < 1.29 is 4.92 Å². The fourth-order valence-electron chi connectivity index (χ4n) is 3.33. The van der Waals surface area contributed by atoms with Crippen LogP contribution >= 0.6 is 11.3 Å². The van der Waals surface area contributed by atoms with E-state index in [0.29, 0.717) is 24.3 Å². The standard InChI is InChI=1S/C17H18N6O3S/c1-11-9-27-17(20-11)22-4-2-3-21(5-6-22)14-8-13-12(7-15(14)23(25)26)16(24)19-10-18-13/h7-10H,2-6H2,1H3,(H,18,19,24). The van der Waals surface area contributed by atoms with Crippen LogP contribution in [-0.2, 0) is 0 Å². The molecule has 0 amide bonds. The molecule has 1 aliphatic heterocycles. The zero-order valence-corrected chi connectivity index (χ0v) is 15.5. The maximum absolute atomic E-state index is 12.0. The van der Waals surface area contributed by atoms with Crippen LogP contribution in [0.3, 0.4) is 0 Å². The van der Waals surface area contributed by atoms with Crippen molar-refractivity contribution in [2.24, 2.45) is 0 Å². The summed E-state index contributed by atoms with van der Waals surface area (Å²) < 4.78 is 0. The predicted molar refractivity (Wildman–Crippen MR) is 105 cm³/mol. The van der Waals surface area contributed by atoms with Gasteiger partial charge in [0.25, 0.3) is 11.2 Å². The molecule has 2 aromatic heterocycles. The predicted octanol–water partition coefficient (Wildman–Crippen LogP) is 2.31. The summed E-state index contributed by atoms with van der Waals surface area (Å²) in [6.07, 6.45) is 2.17.